The van der Waals surface area contributed by atoms with E-state index in [9.17, 15) is 0 Å². The fraction of sp³-hybridized carbons (Fsp3) is 1.00. The van der Waals surface area contributed by atoms with Gasteiger partial charge in [-0.3, -0.25) is 0 Å². The van der Waals surface area contributed by atoms with E-state index in [4.69, 9.17) is 4.74 Å². The standard InChI is InChI=1S/C10H22O/c1-5-7-8-10(6-2)11-9(3)4/h9-10H,5-8H2,1-4H3. The first-order valence-electron chi connectivity index (χ1n) is 4.86. The molecule has 0 aliphatic rings. The third-order valence-corrected chi connectivity index (χ3v) is 1.80. The molecule has 0 radical (unpaired) electrons. The Hall–Kier alpha value is -0.0400. The highest BCUT2D eigenvalue weighted by Gasteiger charge is 2.06. The van der Waals surface area contributed by atoms with Gasteiger partial charge in [-0.1, -0.05) is 26.7 Å². The van der Waals surface area contributed by atoms with Crippen LogP contribution in [-0.4, -0.2) is 12.2 Å². The number of hydrogen-bond acceptors (Lipinski definition) is 1. The summed E-state index contributed by atoms with van der Waals surface area (Å²) in [6, 6.07) is 0. The molecule has 0 amide bonds. The fourth-order valence-corrected chi connectivity index (χ4v) is 1.19. The molecule has 0 aromatic rings. The van der Waals surface area contributed by atoms with Gasteiger partial charge in [0.15, 0.2) is 0 Å². The Labute approximate surface area is 71.1 Å². The molecule has 1 nitrogen and oxygen atoms in total. The Balaban J connectivity index is 3.41. The Bertz CT molecular complexity index is 78.9. The highest BCUT2D eigenvalue weighted by atomic mass is 16.5. The second kappa shape index (κ2) is 6.66. The predicted molar refractivity (Wildman–Crippen MR) is 49.8 cm³/mol. The van der Waals surface area contributed by atoms with Crippen molar-refractivity contribution >= 4 is 0 Å². The number of ether oxygens (including phenoxy) is 1. The first kappa shape index (κ1) is 11.0. The zero-order chi connectivity index (χ0) is 8.69. The average Bonchev–Trinajstić information content (AvgIpc) is 1.97. The average molecular weight is 158 g/mol. The lowest BCUT2D eigenvalue weighted by Gasteiger charge is -2.18. The van der Waals surface area contributed by atoms with E-state index in [0.29, 0.717) is 12.2 Å². The van der Waals surface area contributed by atoms with Crippen molar-refractivity contribution < 1.29 is 4.74 Å². The molecule has 1 atom stereocenters. The molecule has 0 aliphatic heterocycles. The van der Waals surface area contributed by atoms with Crippen molar-refractivity contribution in [3.05, 3.63) is 0 Å². The van der Waals surface area contributed by atoms with Crippen LogP contribution in [0.15, 0.2) is 0 Å². The molecule has 0 bridgehead atoms. The lowest BCUT2D eigenvalue weighted by atomic mass is 10.1. The smallest absolute Gasteiger partial charge is 0.0576 e. The van der Waals surface area contributed by atoms with Gasteiger partial charge in [-0.05, 0) is 26.7 Å². The monoisotopic (exact) mass is 158 g/mol. The highest BCUT2D eigenvalue weighted by Crippen LogP contribution is 2.10. The maximum Gasteiger partial charge on any atom is 0.0576 e. The van der Waals surface area contributed by atoms with Crippen LogP contribution in [0.25, 0.3) is 0 Å². The third kappa shape index (κ3) is 6.36. The van der Waals surface area contributed by atoms with Crippen molar-refractivity contribution in [1.29, 1.82) is 0 Å². The topological polar surface area (TPSA) is 9.23 Å². The van der Waals surface area contributed by atoms with Crippen LogP contribution in [0.5, 0.6) is 0 Å². The van der Waals surface area contributed by atoms with Crippen molar-refractivity contribution in [3.63, 3.8) is 0 Å². The maximum atomic E-state index is 5.70. The second-order valence-electron chi connectivity index (χ2n) is 3.36. The van der Waals surface area contributed by atoms with E-state index in [1.54, 1.807) is 0 Å². The minimum Gasteiger partial charge on any atom is -0.376 e. The summed E-state index contributed by atoms with van der Waals surface area (Å²) in [5.41, 5.74) is 0. The van der Waals surface area contributed by atoms with Crippen molar-refractivity contribution in [2.75, 3.05) is 0 Å². The molecule has 0 rings (SSSR count). The predicted octanol–water partition coefficient (Wildman–Crippen LogP) is 3.38. The number of rotatable bonds is 6. The van der Waals surface area contributed by atoms with Crippen molar-refractivity contribution in [2.24, 2.45) is 0 Å². The summed E-state index contributed by atoms with van der Waals surface area (Å²) in [6.07, 6.45) is 5.83. The minimum absolute atomic E-state index is 0.386. The Morgan fingerprint density at radius 2 is 1.82 bits per heavy atom. The van der Waals surface area contributed by atoms with Crippen LogP contribution < -0.4 is 0 Å². The largest absolute Gasteiger partial charge is 0.376 e. The maximum absolute atomic E-state index is 5.70. The molecule has 0 aromatic carbocycles. The van der Waals surface area contributed by atoms with E-state index in [-0.39, 0.29) is 0 Å². The summed E-state index contributed by atoms with van der Waals surface area (Å²) in [7, 11) is 0. The third-order valence-electron chi connectivity index (χ3n) is 1.80. The zero-order valence-corrected chi connectivity index (χ0v) is 8.39. The van der Waals surface area contributed by atoms with Gasteiger partial charge in [0.25, 0.3) is 0 Å². The SMILES string of the molecule is CCCCC(CC)OC(C)C. The van der Waals surface area contributed by atoms with E-state index < -0.39 is 0 Å². The van der Waals surface area contributed by atoms with Gasteiger partial charge in [0.2, 0.25) is 0 Å². The van der Waals surface area contributed by atoms with E-state index in [1.807, 2.05) is 0 Å². The van der Waals surface area contributed by atoms with Gasteiger partial charge >= 0.3 is 0 Å². The van der Waals surface area contributed by atoms with E-state index in [1.165, 1.54) is 19.3 Å². The first-order chi connectivity index (χ1) is 5.20. The van der Waals surface area contributed by atoms with Gasteiger partial charge < -0.3 is 4.74 Å². The summed E-state index contributed by atoms with van der Waals surface area (Å²) in [6.45, 7) is 8.63. The van der Waals surface area contributed by atoms with Gasteiger partial charge in [-0.15, -0.1) is 0 Å². The summed E-state index contributed by atoms with van der Waals surface area (Å²) in [5.74, 6) is 0. The van der Waals surface area contributed by atoms with Gasteiger partial charge in [-0.25, -0.2) is 0 Å². The molecular formula is C10H22O. The number of hydrogen-bond donors (Lipinski definition) is 0. The lowest BCUT2D eigenvalue weighted by Crippen LogP contribution is -2.16. The quantitative estimate of drug-likeness (QED) is 0.576. The molecule has 68 valence electrons. The number of unbranched alkanes of at least 4 members (excludes halogenated alkanes) is 1. The molecule has 0 fully saturated rings. The molecule has 0 aliphatic carbocycles. The van der Waals surface area contributed by atoms with Gasteiger partial charge in [0, 0.05) is 0 Å². The van der Waals surface area contributed by atoms with Crippen LogP contribution in [0, 0.1) is 0 Å². The van der Waals surface area contributed by atoms with E-state index in [2.05, 4.69) is 27.7 Å². The molecular weight excluding hydrogens is 136 g/mol. The van der Waals surface area contributed by atoms with Crippen LogP contribution in [0.2, 0.25) is 0 Å². The molecule has 0 spiro atoms. The van der Waals surface area contributed by atoms with Crippen LogP contribution in [0.3, 0.4) is 0 Å². The van der Waals surface area contributed by atoms with E-state index >= 15 is 0 Å². The van der Waals surface area contributed by atoms with Crippen LogP contribution in [-0.2, 0) is 4.74 Å². The normalized spacial score (nSPS) is 13.9. The summed E-state index contributed by atoms with van der Waals surface area (Å²) < 4.78 is 5.70. The zero-order valence-electron chi connectivity index (χ0n) is 8.39. The summed E-state index contributed by atoms with van der Waals surface area (Å²) in [4.78, 5) is 0. The van der Waals surface area contributed by atoms with Crippen LogP contribution in [0.4, 0.5) is 0 Å². The molecule has 0 aromatic heterocycles. The van der Waals surface area contributed by atoms with Gasteiger partial charge in [-0.2, -0.15) is 0 Å². The highest BCUT2D eigenvalue weighted by molar-refractivity contribution is 4.56. The van der Waals surface area contributed by atoms with Gasteiger partial charge in [0.1, 0.15) is 0 Å². The summed E-state index contributed by atoms with van der Waals surface area (Å²) in [5, 5.41) is 0. The molecule has 11 heavy (non-hydrogen) atoms. The van der Waals surface area contributed by atoms with Crippen molar-refractivity contribution in [1.82, 2.24) is 0 Å². The molecule has 0 N–H and O–H groups in total. The minimum atomic E-state index is 0.386. The fourth-order valence-electron chi connectivity index (χ4n) is 1.19. The van der Waals surface area contributed by atoms with E-state index in [0.717, 1.165) is 6.42 Å². The Morgan fingerprint density at radius 1 is 1.18 bits per heavy atom. The molecule has 1 unspecified atom stereocenters. The van der Waals surface area contributed by atoms with Crippen molar-refractivity contribution in [3.8, 4) is 0 Å². The van der Waals surface area contributed by atoms with Gasteiger partial charge in [0.05, 0.1) is 12.2 Å². The molecule has 0 saturated carbocycles. The Morgan fingerprint density at radius 3 is 2.18 bits per heavy atom. The van der Waals surface area contributed by atoms with Crippen molar-refractivity contribution in [2.45, 2.75) is 65.6 Å². The second-order valence-corrected chi connectivity index (χ2v) is 3.36. The molecule has 0 heterocycles. The lowest BCUT2D eigenvalue weighted by molar-refractivity contribution is 0.000294. The molecule has 1 heteroatoms. The first-order valence-corrected chi connectivity index (χ1v) is 4.86. The summed E-state index contributed by atoms with van der Waals surface area (Å²) >= 11 is 0. The molecule has 0 saturated heterocycles. The Kier molecular flexibility index (Phi) is 6.63. The van der Waals surface area contributed by atoms with Crippen LogP contribution >= 0.6 is 0 Å². The van der Waals surface area contributed by atoms with Crippen LogP contribution in [0.1, 0.15) is 53.4 Å².